The van der Waals surface area contributed by atoms with Gasteiger partial charge in [-0.05, 0) is 31.4 Å². The molecule has 8 heteroatoms. The van der Waals surface area contributed by atoms with E-state index < -0.39 is 16.1 Å². The van der Waals surface area contributed by atoms with Crippen LogP contribution in [0.3, 0.4) is 0 Å². The lowest BCUT2D eigenvalue weighted by molar-refractivity contribution is -0.134. The summed E-state index contributed by atoms with van der Waals surface area (Å²) in [4.78, 5) is 16.6. The zero-order chi connectivity index (χ0) is 20.0. The van der Waals surface area contributed by atoms with Gasteiger partial charge in [0.25, 0.3) is 0 Å². The highest BCUT2D eigenvalue weighted by Crippen LogP contribution is 2.11. The van der Waals surface area contributed by atoms with Crippen LogP contribution in [0.2, 0.25) is 0 Å². The monoisotopic (exact) mass is 396 g/mol. The van der Waals surface area contributed by atoms with Crippen LogP contribution in [-0.4, -0.2) is 69.4 Å². The van der Waals surface area contributed by atoms with Gasteiger partial charge < -0.3 is 10.6 Å². The maximum absolute atomic E-state index is 12.4. The van der Waals surface area contributed by atoms with Crippen molar-refractivity contribution in [3.05, 3.63) is 29.8 Å². The fourth-order valence-corrected chi connectivity index (χ4v) is 4.20. The summed E-state index contributed by atoms with van der Waals surface area (Å²) in [6.07, 6.45) is 0.694. The number of aryl methyl sites for hydroxylation is 1. The molecule has 1 heterocycles. The molecule has 27 heavy (non-hydrogen) atoms. The zero-order valence-electron chi connectivity index (χ0n) is 16.5. The van der Waals surface area contributed by atoms with Gasteiger partial charge in [-0.3, -0.25) is 9.69 Å². The average molecular weight is 397 g/mol. The van der Waals surface area contributed by atoms with Crippen LogP contribution in [0, 0.1) is 12.8 Å². The fraction of sp³-hybridized carbons (Fsp3) is 0.632. The van der Waals surface area contributed by atoms with Crippen molar-refractivity contribution in [1.29, 1.82) is 0 Å². The largest absolute Gasteiger partial charge is 0.339 e. The Balaban J connectivity index is 1.74. The lowest BCUT2D eigenvalue weighted by Gasteiger charge is -2.36. The Morgan fingerprint density at radius 1 is 1.15 bits per heavy atom. The summed E-state index contributed by atoms with van der Waals surface area (Å²) < 4.78 is 27.2. The third-order valence-corrected chi connectivity index (χ3v) is 6.25. The maximum atomic E-state index is 12.4. The first kappa shape index (κ1) is 21.8. The lowest BCUT2D eigenvalue weighted by atomic mass is 10.0. The van der Waals surface area contributed by atoms with Gasteiger partial charge in [0.2, 0.25) is 15.9 Å². The summed E-state index contributed by atoms with van der Waals surface area (Å²) in [5.41, 5.74) is 7.02. The molecule has 0 radical (unpaired) electrons. The van der Waals surface area contributed by atoms with Gasteiger partial charge in [0.15, 0.2) is 0 Å². The third-order valence-electron chi connectivity index (χ3n) is 4.78. The molecule has 0 bridgehead atoms. The van der Waals surface area contributed by atoms with Crippen molar-refractivity contribution in [1.82, 2.24) is 14.5 Å². The van der Waals surface area contributed by atoms with E-state index >= 15 is 0 Å². The molecule has 0 aromatic heterocycles. The second-order valence-electron chi connectivity index (χ2n) is 7.61. The summed E-state index contributed by atoms with van der Waals surface area (Å²) in [5.74, 6) is 0.412. The highest BCUT2D eigenvalue weighted by molar-refractivity contribution is 7.89. The molecule has 3 N–H and O–H groups in total. The van der Waals surface area contributed by atoms with Crippen molar-refractivity contribution in [2.45, 2.75) is 38.1 Å². The van der Waals surface area contributed by atoms with Crippen LogP contribution in [0.15, 0.2) is 29.2 Å². The molecule has 1 aromatic rings. The number of amides is 1. The number of sulfonamides is 1. The van der Waals surface area contributed by atoms with E-state index in [1.54, 1.807) is 24.3 Å². The van der Waals surface area contributed by atoms with Gasteiger partial charge in [0.05, 0.1) is 10.9 Å². The van der Waals surface area contributed by atoms with E-state index in [1.807, 2.05) is 11.8 Å². The van der Waals surface area contributed by atoms with E-state index in [2.05, 4.69) is 23.5 Å². The van der Waals surface area contributed by atoms with Crippen molar-refractivity contribution in [3.63, 3.8) is 0 Å². The van der Waals surface area contributed by atoms with Crippen molar-refractivity contribution in [2.75, 3.05) is 39.3 Å². The molecule has 1 aromatic carbocycles. The molecule has 7 nitrogen and oxygen atoms in total. The number of piperazine rings is 1. The SMILES string of the molecule is Cc1ccc(S(=O)(=O)NCCN2CCN(C(=O)[C@@H](N)CC(C)C)CC2)cc1. The first-order valence-electron chi connectivity index (χ1n) is 9.52. The molecule has 0 aliphatic carbocycles. The van der Waals surface area contributed by atoms with E-state index in [4.69, 9.17) is 5.73 Å². The van der Waals surface area contributed by atoms with Gasteiger partial charge in [-0.1, -0.05) is 31.5 Å². The molecule has 1 aliphatic heterocycles. The Kier molecular flexibility index (Phi) is 7.79. The van der Waals surface area contributed by atoms with Gasteiger partial charge in [-0.25, -0.2) is 13.1 Å². The van der Waals surface area contributed by atoms with E-state index in [-0.39, 0.29) is 10.8 Å². The predicted octanol–water partition coefficient (Wildman–Crippen LogP) is 0.791. The fourth-order valence-electron chi connectivity index (χ4n) is 3.17. The molecule has 152 valence electrons. The van der Waals surface area contributed by atoms with Gasteiger partial charge in [0.1, 0.15) is 0 Å². The minimum atomic E-state index is -3.48. The lowest BCUT2D eigenvalue weighted by Crippen LogP contribution is -2.54. The van der Waals surface area contributed by atoms with E-state index in [0.717, 1.165) is 18.7 Å². The molecule has 1 aliphatic rings. The Bertz CT molecular complexity index is 711. The molecular formula is C19H32N4O3S. The molecule has 0 unspecified atom stereocenters. The summed E-state index contributed by atoms with van der Waals surface area (Å²) in [6.45, 7) is 9.72. The minimum absolute atomic E-state index is 0.0171. The van der Waals surface area contributed by atoms with Gasteiger partial charge >= 0.3 is 0 Å². The number of nitrogens with zero attached hydrogens (tertiary/aromatic N) is 2. The van der Waals surface area contributed by atoms with Crippen LogP contribution < -0.4 is 10.5 Å². The number of carbonyl (C=O) groups excluding carboxylic acids is 1. The van der Waals surface area contributed by atoms with Crippen molar-refractivity contribution in [3.8, 4) is 0 Å². The molecule has 0 saturated carbocycles. The van der Waals surface area contributed by atoms with E-state index in [1.165, 1.54) is 0 Å². The normalized spacial score (nSPS) is 17.3. The summed E-state index contributed by atoms with van der Waals surface area (Å²) in [7, 11) is -3.48. The standard InChI is InChI=1S/C19H32N4O3S/c1-15(2)14-18(20)19(24)23-12-10-22(11-13-23)9-8-21-27(25,26)17-6-4-16(3)5-7-17/h4-7,15,18,21H,8-14,20H2,1-3H3/t18-/m0/s1. The highest BCUT2D eigenvalue weighted by atomic mass is 32.2. The third kappa shape index (κ3) is 6.57. The number of benzene rings is 1. The average Bonchev–Trinajstić information content (AvgIpc) is 2.61. The second-order valence-corrected chi connectivity index (χ2v) is 9.38. The number of nitrogens with one attached hydrogen (secondary N) is 1. The zero-order valence-corrected chi connectivity index (χ0v) is 17.3. The van der Waals surface area contributed by atoms with Crippen LogP contribution in [0.25, 0.3) is 0 Å². The van der Waals surface area contributed by atoms with Crippen LogP contribution >= 0.6 is 0 Å². The number of nitrogens with two attached hydrogens (primary N) is 1. The molecule has 1 fully saturated rings. The molecule has 1 amide bonds. The Hall–Kier alpha value is -1.48. The minimum Gasteiger partial charge on any atom is -0.339 e. The first-order chi connectivity index (χ1) is 12.7. The second kappa shape index (κ2) is 9.64. The van der Waals surface area contributed by atoms with Gasteiger partial charge in [-0.15, -0.1) is 0 Å². The number of hydrogen-bond donors (Lipinski definition) is 2. The Morgan fingerprint density at radius 3 is 2.30 bits per heavy atom. The molecule has 1 atom stereocenters. The highest BCUT2D eigenvalue weighted by Gasteiger charge is 2.25. The van der Waals surface area contributed by atoms with Gasteiger partial charge in [-0.2, -0.15) is 0 Å². The molecule has 1 saturated heterocycles. The summed E-state index contributed by atoms with van der Waals surface area (Å²) >= 11 is 0. The first-order valence-corrected chi connectivity index (χ1v) is 11.0. The summed E-state index contributed by atoms with van der Waals surface area (Å²) in [6, 6.07) is 6.37. The number of carbonyl (C=O) groups is 1. The van der Waals surface area contributed by atoms with Crippen molar-refractivity contribution >= 4 is 15.9 Å². The molecule has 2 rings (SSSR count). The molecule has 0 spiro atoms. The Morgan fingerprint density at radius 2 is 1.74 bits per heavy atom. The van der Waals surface area contributed by atoms with Crippen LogP contribution in [0.4, 0.5) is 0 Å². The smallest absolute Gasteiger partial charge is 0.240 e. The molecular weight excluding hydrogens is 364 g/mol. The maximum Gasteiger partial charge on any atom is 0.240 e. The van der Waals surface area contributed by atoms with Crippen LogP contribution in [0.5, 0.6) is 0 Å². The Labute approximate surface area is 163 Å². The van der Waals surface area contributed by atoms with Crippen LogP contribution in [0.1, 0.15) is 25.8 Å². The van der Waals surface area contributed by atoms with Gasteiger partial charge in [0, 0.05) is 39.3 Å². The predicted molar refractivity (Wildman–Crippen MR) is 107 cm³/mol. The number of hydrogen-bond acceptors (Lipinski definition) is 5. The van der Waals surface area contributed by atoms with Crippen molar-refractivity contribution < 1.29 is 13.2 Å². The quantitative estimate of drug-likeness (QED) is 0.677. The topological polar surface area (TPSA) is 95.7 Å². The van der Waals surface area contributed by atoms with Crippen molar-refractivity contribution in [2.24, 2.45) is 11.7 Å². The number of rotatable bonds is 8. The summed E-state index contributed by atoms with van der Waals surface area (Å²) in [5, 5.41) is 0. The van der Waals surface area contributed by atoms with E-state index in [9.17, 15) is 13.2 Å². The van der Waals surface area contributed by atoms with E-state index in [0.29, 0.717) is 38.5 Å². The van der Waals surface area contributed by atoms with Crippen LogP contribution in [-0.2, 0) is 14.8 Å².